The summed E-state index contributed by atoms with van der Waals surface area (Å²) in [4.78, 5) is 6.77. The number of hydrogen-bond acceptors (Lipinski definition) is 2. The molecular weight excluding hydrogens is 414 g/mol. The van der Waals surface area contributed by atoms with E-state index in [-0.39, 0.29) is 0 Å². The predicted octanol–water partition coefficient (Wildman–Crippen LogP) is 7.64. The Hall–Kier alpha value is -1.81. The number of halogens is 2. The Morgan fingerprint density at radius 2 is 1.56 bits per heavy atom. The molecule has 0 aliphatic carbocycles. The van der Waals surface area contributed by atoms with Crippen molar-refractivity contribution < 1.29 is 0 Å². The summed E-state index contributed by atoms with van der Waals surface area (Å²) in [6.45, 7) is 0. The summed E-state index contributed by atoms with van der Waals surface area (Å²) in [5, 5.41) is 0.731. The highest BCUT2D eigenvalue weighted by atomic mass is 79.9. The number of rotatable bonds is 5. The number of aliphatic imine (C=N–C) groups is 1. The van der Waals surface area contributed by atoms with Gasteiger partial charge in [-0.3, -0.25) is 4.99 Å². The number of para-hydroxylation sites is 1. The van der Waals surface area contributed by atoms with Crippen molar-refractivity contribution in [2.75, 3.05) is 0 Å². The third kappa shape index (κ3) is 5.60. The highest BCUT2D eigenvalue weighted by Gasteiger charge is 2.04. The lowest BCUT2D eigenvalue weighted by molar-refractivity contribution is 1.45. The van der Waals surface area contributed by atoms with Crippen molar-refractivity contribution in [1.29, 1.82) is 0 Å². The first-order chi connectivity index (χ1) is 12.2. The van der Waals surface area contributed by atoms with Crippen molar-refractivity contribution in [3.63, 3.8) is 0 Å². The van der Waals surface area contributed by atoms with Gasteiger partial charge in [-0.15, -0.1) is 0 Å². The van der Waals surface area contributed by atoms with E-state index in [1.807, 2.05) is 79.0 Å². The minimum atomic E-state index is 0.731. The van der Waals surface area contributed by atoms with E-state index in [2.05, 4.69) is 33.1 Å². The van der Waals surface area contributed by atoms with Gasteiger partial charge in [0.25, 0.3) is 0 Å². The third-order valence-corrected chi connectivity index (χ3v) is 5.26. The molecular formula is C21H15BrClNS. The lowest BCUT2D eigenvalue weighted by Gasteiger charge is -2.07. The standard InChI is InChI=1S/C21H15BrClNS/c22-17-8-12-20(13-9-17)25-21(16-6-10-18(23)11-7-16)14-15-24-19-4-2-1-3-5-19/h1-15H/b21-14+,24-15?. The van der Waals surface area contributed by atoms with E-state index in [0.29, 0.717) is 0 Å². The quantitative estimate of drug-likeness (QED) is 0.300. The van der Waals surface area contributed by atoms with Crippen molar-refractivity contribution in [1.82, 2.24) is 0 Å². The second-order valence-corrected chi connectivity index (χ2v) is 7.67. The topological polar surface area (TPSA) is 12.4 Å². The van der Waals surface area contributed by atoms with E-state index in [1.165, 1.54) is 0 Å². The molecule has 3 aromatic rings. The van der Waals surface area contributed by atoms with Gasteiger partial charge in [-0.25, -0.2) is 0 Å². The summed E-state index contributed by atoms with van der Waals surface area (Å²) < 4.78 is 1.07. The van der Waals surface area contributed by atoms with Crippen LogP contribution in [0.4, 0.5) is 5.69 Å². The van der Waals surface area contributed by atoms with E-state index in [0.717, 1.165) is 30.5 Å². The average molecular weight is 429 g/mol. The fraction of sp³-hybridized carbons (Fsp3) is 0. The largest absolute Gasteiger partial charge is 0.257 e. The molecule has 0 fully saturated rings. The molecule has 0 amide bonds. The molecule has 0 radical (unpaired) electrons. The molecule has 0 aliphatic rings. The van der Waals surface area contributed by atoms with E-state index < -0.39 is 0 Å². The maximum absolute atomic E-state index is 6.02. The van der Waals surface area contributed by atoms with Crippen LogP contribution in [0.2, 0.25) is 5.02 Å². The summed E-state index contributed by atoms with van der Waals surface area (Å²) in [6.07, 6.45) is 3.87. The monoisotopic (exact) mass is 427 g/mol. The van der Waals surface area contributed by atoms with Crippen molar-refractivity contribution in [2.45, 2.75) is 4.90 Å². The molecule has 4 heteroatoms. The van der Waals surface area contributed by atoms with Gasteiger partial charge in [0.2, 0.25) is 0 Å². The summed E-state index contributed by atoms with van der Waals surface area (Å²) in [7, 11) is 0. The highest BCUT2D eigenvalue weighted by Crippen LogP contribution is 2.35. The molecule has 0 aliphatic heterocycles. The molecule has 0 atom stereocenters. The van der Waals surface area contributed by atoms with Crippen molar-refractivity contribution in [3.8, 4) is 0 Å². The minimum absolute atomic E-state index is 0.731. The molecule has 0 bridgehead atoms. The number of benzene rings is 3. The molecule has 3 rings (SSSR count). The molecule has 0 aromatic heterocycles. The van der Waals surface area contributed by atoms with Crippen LogP contribution in [0.1, 0.15) is 5.56 Å². The van der Waals surface area contributed by atoms with Crippen LogP contribution in [0, 0.1) is 0 Å². The lowest BCUT2D eigenvalue weighted by atomic mass is 10.2. The van der Waals surface area contributed by atoms with Crippen LogP contribution in [-0.4, -0.2) is 6.21 Å². The van der Waals surface area contributed by atoms with Crippen LogP contribution in [0.5, 0.6) is 0 Å². The number of hydrogen-bond donors (Lipinski definition) is 0. The summed E-state index contributed by atoms with van der Waals surface area (Å²) in [5.74, 6) is 0. The van der Waals surface area contributed by atoms with Gasteiger partial charge in [0.15, 0.2) is 0 Å². The summed E-state index contributed by atoms with van der Waals surface area (Å²) in [6, 6.07) is 26.0. The molecule has 0 unspecified atom stereocenters. The summed E-state index contributed by atoms with van der Waals surface area (Å²) in [5.41, 5.74) is 2.04. The number of nitrogens with zero attached hydrogens (tertiary/aromatic N) is 1. The molecule has 0 saturated carbocycles. The Balaban J connectivity index is 1.88. The molecule has 25 heavy (non-hydrogen) atoms. The van der Waals surface area contributed by atoms with Crippen LogP contribution in [0.15, 0.2) is 99.3 Å². The van der Waals surface area contributed by atoms with Crippen LogP contribution in [-0.2, 0) is 0 Å². The highest BCUT2D eigenvalue weighted by molar-refractivity contribution is 9.10. The molecule has 1 nitrogen and oxygen atoms in total. The Labute approximate surface area is 165 Å². The number of thioether (sulfide) groups is 1. The fourth-order valence-electron chi connectivity index (χ4n) is 2.14. The van der Waals surface area contributed by atoms with Gasteiger partial charge in [0, 0.05) is 25.5 Å². The zero-order valence-electron chi connectivity index (χ0n) is 13.3. The van der Waals surface area contributed by atoms with Crippen LogP contribution in [0.3, 0.4) is 0 Å². The van der Waals surface area contributed by atoms with Gasteiger partial charge in [-0.05, 0) is 60.2 Å². The predicted molar refractivity (Wildman–Crippen MR) is 114 cm³/mol. The maximum Gasteiger partial charge on any atom is 0.0629 e. The van der Waals surface area contributed by atoms with E-state index in [1.54, 1.807) is 11.8 Å². The normalized spacial score (nSPS) is 11.8. The first-order valence-corrected chi connectivity index (χ1v) is 9.68. The molecule has 124 valence electrons. The van der Waals surface area contributed by atoms with E-state index in [9.17, 15) is 0 Å². The van der Waals surface area contributed by atoms with Gasteiger partial charge >= 0.3 is 0 Å². The lowest BCUT2D eigenvalue weighted by Crippen LogP contribution is -1.82. The molecule has 3 aromatic carbocycles. The Bertz CT molecular complexity index is 872. The average Bonchev–Trinajstić information content (AvgIpc) is 2.64. The first-order valence-electron chi connectivity index (χ1n) is 7.69. The van der Waals surface area contributed by atoms with Gasteiger partial charge in [0.05, 0.1) is 5.69 Å². The second kappa shape index (κ2) is 9.04. The maximum atomic E-state index is 6.02. The van der Waals surface area contributed by atoms with Gasteiger partial charge in [-0.1, -0.05) is 69.6 Å². The molecule has 0 spiro atoms. The molecule has 0 N–H and O–H groups in total. The molecule has 0 saturated heterocycles. The summed E-state index contributed by atoms with van der Waals surface area (Å²) >= 11 is 11.2. The van der Waals surface area contributed by atoms with Gasteiger partial charge < -0.3 is 0 Å². The Morgan fingerprint density at radius 3 is 2.24 bits per heavy atom. The second-order valence-electron chi connectivity index (χ2n) is 5.21. The van der Waals surface area contributed by atoms with E-state index in [4.69, 9.17) is 11.6 Å². The van der Waals surface area contributed by atoms with Crippen molar-refractivity contribution >= 4 is 56.1 Å². The smallest absolute Gasteiger partial charge is 0.0629 e. The zero-order valence-corrected chi connectivity index (χ0v) is 16.4. The zero-order chi connectivity index (χ0) is 17.5. The Kier molecular flexibility index (Phi) is 6.51. The van der Waals surface area contributed by atoms with E-state index >= 15 is 0 Å². The van der Waals surface area contributed by atoms with Crippen LogP contribution >= 0.6 is 39.3 Å². The SMILES string of the molecule is Clc1ccc(/C(=C\C=Nc2ccccc2)Sc2ccc(Br)cc2)cc1. The molecule has 0 heterocycles. The van der Waals surface area contributed by atoms with Crippen LogP contribution in [0.25, 0.3) is 4.91 Å². The van der Waals surface area contributed by atoms with Crippen molar-refractivity contribution in [2.24, 2.45) is 4.99 Å². The number of allylic oxidation sites excluding steroid dienone is 1. The van der Waals surface area contributed by atoms with Gasteiger partial charge in [-0.2, -0.15) is 0 Å². The van der Waals surface area contributed by atoms with Crippen molar-refractivity contribution in [3.05, 3.63) is 100.0 Å². The van der Waals surface area contributed by atoms with Crippen LogP contribution < -0.4 is 0 Å². The minimum Gasteiger partial charge on any atom is -0.257 e. The fourth-order valence-corrected chi connectivity index (χ4v) is 3.44. The van der Waals surface area contributed by atoms with Gasteiger partial charge in [0.1, 0.15) is 0 Å². The third-order valence-electron chi connectivity index (χ3n) is 3.38. The Morgan fingerprint density at radius 1 is 0.880 bits per heavy atom. The first kappa shape index (κ1) is 18.0.